The van der Waals surface area contributed by atoms with Gasteiger partial charge in [0, 0.05) is 42.5 Å². The molecule has 27 heavy (non-hydrogen) atoms. The second-order valence-electron chi connectivity index (χ2n) is 5.98. The van der Waals surface area contributed by atoms with Crippen molar-refractivity contribution >= 4 is 17.3 Å². The number of amides is 1. The van der Waals surface area contributed by atoms with Crippen LogP contribution < -0.4 is 16.0 Å². The predicted octanol–water partition coefficient (Wildman–Crippen LogP) is 1.73. The molecule has 0 spiro atoms. The lowest BCUT2D eigenvalue weighted by atomic mass is 10.1. The minimum absolute atomic E-state index is 0.0103. The van der Waals surface area contributed by atoms with Gasteiger partial charge in [0.2, 0.25) is 0 Å². The Balaban J connectivity index is 1.68. The molecule has 2 rings (SSSR count). The number of carbonyl (C=O) groups excluding carboxylic acids is 1. The zero-order valence-corrected chi connectivity index (χ0v) is 14.7. The Labute approximate surface area is 154 Å². The SMILES string of the molecule is C[C@H]([NH2+]CC(=O)NCCNc1ccc([N+](=O)[O-])cc1)c1ccc(F)cc1F. The van der Waals surface area contributed by atoms with Crippen LogP contribution in [0.5, 0.6) is 0 Å². The zero-order chi connectivity index (χ0) is 19.8. The van der Waals surface area contributed by atoms with Crippen LogP contribution in [0.3, 0.4) is 0 Å². The summed E-state index contributed by atoms with van der Waals surface area (Å²) >= 11 is 0. The standard InChI is InChI=1S/C18H20F2N4O3/c1-12(16-7-2-13(19)10-17(16)20)23-11-18(25)22-9-8-21-14-3-5-15(6-4-14)24(26)27/h2-7,10,12,21,23H,8-9,11H2,1H3,(H,22,25)/p+1/t12-/m0/s1. The Morgan fingerprint density at radius 3 is 2.52 bits per heavy atom. The molecule has 0 aliphatic heterocycles. The van der Waals surface area contributed by atoms with Crippen molar-refractivity contribution in [1.29, 1.82) is 0 Å². The molecular weight excluding hydrogens is 358 g/mol. The van der Waals surface area contributed by atoms with Crippen molar-refractivity contribution in [1.82, 2.24) is 5.32 Å². The number of hydrogen-bond donors (Lipinski definition) is 3. The maximum atomic E-state index is 13.7. The van der Waals surface area contributed by atoms with E-state index >= 15 is 0 Å². The number of benzene rings is 2. The van der Waals surface area contributed by atoms with Crippen molar-refractivity contribution in [2.24, 2.45) is 0 Å². The molecule has 0 aliphatic rings. The number of nitrogens with one attached hydrogen (secondary N) is 2. The van der Waals surface area contributed by atoms with Crippen molar-refractivity contribution in [3.8, 4) is 0 Å². The fraction of sp³-hybridized carbons (Fsp3) is 0.278. The van der Waals surface area contributed by atoms with Gasteiger partial charge in [0.1, 0.15) is 17.7 Å². The topological polar surface area (TPSA) is 101 Å². The lowest BCUT2D eigenvalue weighted by Gasteiger charge is -2.12. The number of anilines is 1. The summed E-state index contributed by atoms with van der Waals surface area (Å²) in [5.74, 6) is -1.48. The highest BCUT2D eigenvalue weighted by Gasteiger charge is 2.15. The van der Waals surface area contributed by atoms with E-state index in [9.17, 15) is 23.7 Å². The average Bonchev–Trinajstić information content (AvgIpc) is 2.63. The van der Waals surface area contributed by atoms with Gasteiger partial charge in [0.05, 0.1) is 4.92 Å². The van der Waals surface area contributed by atoms with E-state index in [2.05, 4.69) is 10.6 Å². The molecule has 0 aliphatic carbocycles. The smallest absolute Gasteiger partial charge is 0.275 e. The third-order valence-corrected chi connectivity index (χ3v) is 3.96. The van der Waals surface area contributed by atoms with Gasteiger partial charge in [0.15, 0.2) is 6.54 Å². The summed E-state index contributed by atoms with van der Waals surface area (Å²) in [6, 6.07) is 9.03. The Hall–Kier alpha value is -3.07. The van der Waals surface area contributed by atoms with E-state index in [1.165, 1.54) is 24.3 Å². The van der Waals surface area contributed by atoms with Gasteiger partial charge in [-0.25, -0.2) is 8.78 Å². The van der Waals surface area contributed by atoms with Gasteiger partial charge in [-0.3, -0.25) is 14.9 Å². The number of nitro groups is 1. The van der Waals surface area contributed by atoms with Crippen molar-refractivity contribution in [2.75, 3.05) is 25.0 Å². The molecule has 0 aromatic heterocycles. The lowest BCUT2D eigenvalue weighted by molar-refractivity contribution is -0.682. The number of nitrogens with two attached hydrogens (primary N) is 1. The highest BCUT2D eigenvalue weighted by atomic mass is 19.1. The molecular formula is C18H21F2N4O3+. The van der Waals surface area contributed by atoms with Crippen LogP contribution in [-0.4, -0.2) is 30.5 Å². The van der Waals surface area contributed by atoms with Gasteiger partial charge >= 0.3 is 0 Å². The monoisotopic (exact) mass is 379 g/mol. The molecule has 2 aromatic carbocycles. The van der Waals surface area contributed by atoms with Crippen LogP contribution in [0.15, 0.2) is 42.5 Å². The van der Waals surface area contributed by atoms with Crippen molar-refractivity contribution < 1.29 is 23.8 Å². The van der Waals surface area contributed by atoms with Gasteiger partial charge < -0.3 is 16.0 Å². The maximum absolute atomic E-state index is 13.7. The fourth-order valence-electron chi connectivity index (χ4n) is 2.46. The molecule has 1 amide bonds. The van der Waals surface area contributed by atoms with E-state index in [4.69, 9.17) is 0 Å². The number of nitro benzene ring substituents is 1. The molecule has 2 aromatic rings. The van der Waals surface area contributed by atoms with Crippen molar-refractivity contribution in [2.45, 2.75) is 13.0 Å². The van der Waals surface area contributed by atoms with Crippen LogP contribution in [0.2, 0.25) is 0 Å². The van der Waals surface area contributed by atoms with Crippen molar-refractivity contribution in [3.05, 3.63) is 69.8 Å². The summed E-state index contributed by atoms with van der Waals surface area (Å²) in [6.45, 7) is 2.66. The molecule has 0 bridgehead atoms. The molecule has 0 radical (unpaired) electrons. The second kappa shape index (κ2) is 9.58. The summed E-state index contributed by atoms with van der Waals surface area (Å²) in [7, 11) is 0. The quantitative estimate of drug-likeness (QED) is 0.351. The van der Waals surface area contributed by atoms with Crippen LogP contribution in [0.4, 0.5) is 20.2 Å². The number of halogens is 2. The van der Waals surface area contributed by atoms with Gasteiger partial charge in [-0.2, -0.15) is 0 Å². The normalized spacial score (nSPS) is 11.7. The Bertz CT molecular complexity index is 800. The van der Waals surface area contributed by atoms with E-state index in [1.54, 1.807) is 24.4 Å². The number of quaternary nitrogens is 1. The van der Waals surface area contributed by atoms with E-state index < -0.39 is 16.6 Å². The first-order chi connectivity index (χ1) is 12.9. The molecule has 4 N–H and O–H groups in total. The summed E-state index contributed by atoms with van der Waals surface area (Å²) in [4.78, 5) is 22.0. The molecule has 0 unspecified atom stereocenters. The fourth-order valence-corrected chi connectivity index (χ4v) is 2.46. The molecule has 7 nitrogen and oxygen atoms in total. The molecule has 1 atom stereocenters. The maximum Gasteiger partial charge on any atom is 0.275 e. The van der Waals surface area contributed by atoms with E-state index in [0.717, 1.165) is 6.07 Å². The average molecular weight is 379 g/mol. The summed E-state index contributed by atoms with van der Waals surface area (Å²) < 4.78 is 26.6. The Kier molecular flexibility index (Phi) is 7.18. The van der Waals surface area contributed by atoms with Crippen LogP contribution >= 0.6 is 0 Å². The van der Waals surface area contributed by atoms with Gasteiger partial charge in [-0.15, -0.1) is 0 Å². The first-order valence-electron chi connectivity index (χ1n) is 8.40. The first kappa shape index (κ1) is 20.2. The highest BCUT2D eigenvalue weighted by molar-refractivity contribution is 5.76. The second-order valence-corrected chi connectivity index (χ2v) is 5.98. The van der Waals surface area contributed by atoms with Gasteiger partial charge in [-0.1, -0.05) is 0 Å². The van der Waals surface area contributed by atoms with Crippen LogP contribution in [0.1, 0.15) is 18.5 Å². The van der Waals surface area contributed by atoms with E-state index in [1.807, 2.05) is 0 Å². The third-order valence-electron chi connectivity index (χ3n) is 3.96. The Morgan fingerprint density at radius 2 is 1.89 bits per heavy atom. The van der Waals surface area contributed by atoms with E-state index in [0.29, 0.717) is 24.3 Å². The number of non-ortho nitro benzene ring substituents is 1. The summed E-state index contributed by atoms with van der Waals surface area (Å²) in [5.41, 5.74) is 1.06. The number of nitrogens with zero attached hydrogens (tertiary/aromatic N) is 1. The minimum atomic E-state index is -0.637. The highest BCUT2D eigenvalue weighted by Crippen LogP contribution is 2.15. The van der Waals surface area contributed by atoms with Crippen LogP contribution in [0, 0.1) is 21.7 Å². The van der Waals surface area contributed by atoms with Gasteiger partial charge in [-0.05, 0) is 31.2 Å². The van der Waals surface area contributed by atoms with Crippen molar-refractivity contribution in [3.63, 3.8) is 0 Å². The predicted molar refractivity (Wildman–Crippen MR) is 96.2 cm³/mol. The molecule has 0 saturated heterocycles. The third kappa shape index (κ3) is 6.30. The molecule has 0 saturated carbocycles. The Morgan fingerprint density at radius 1 is 1.19 bits per heavy atom. The van der Waals surface area contributed by atoms with Gasteiger partial charge in [0.25, 0.3) is 11.6 Å². The van der Waals surface area contributed by atoms with E-state index in [-0.39, 0.29) is 24.2 Å². The largest absolute Gasteiger partial charge is 0.383 e. The van der Waals surface area contributed by atoms with Crippen LogP contribution in [-0.2, 0) is 4.79 Å². The minimum Gasteiger partial charge on any atom is -0.383 e. The number of hydrogen-bond acceptors (Lipinski definition) is 4. The summed E-state index contributed by atoms with van der Waals surface area (Å²) in [6.07, 6.45) is 0. The zero-order valence-electron chi connectivity index (χ0n) is 14.7. The summed E-state index contributed by atoms with van der Waals surface area (Å²) in [5, 5.41) is 18.0. The number of rotatable bonds is 9. The lowest BCUT2D eigenvalue weighted by Crippen LogP contribution is -2.87. The molecule has 9 heteroatoms. The first-order valence-corrected chi connectivity index (χ1v) is 8.40. The molecule has 144 valence electrons. The molecule has 0 heterocycles. The molecule has 0 fully saturated rings. The number of carbonyl (C=O) groups is 1. The van der Waals surface area contributed by atoms with Crippen LogP contribution in [0.25, 0.3) is 0 Å².